The van der Waals surface area contributed by atoms with Crippen molar-refractivity contribution in [2.45, 2.75) is 32.8 Å². The van der Waals surface area contributed by atoms with Gasteiger partial charge in [-0.15, -0.1) is 0 Å². The van der Waals surface area contributed by atoms with Gasteiger partial charge in [-0.3, -0.25) is 4.79 Å². The van der Waals surface area contributed by atoms with Gasteiger partial charge in [0.25, 0.3) is 0 Å². The lowest BCUT2D eigenvalue weighted by Crippen LogP contribution is -2.31. The molecule has 1 aromatic carbocycles. The van der Waals surface area contributed by atoms with Gasteiger partial charge >= 0.3 is 11.9 Å². The van der Waals surface area contributed by atoms with Crippen LogP contribution in [0, 0.1) is 0 Å². The summed E-state index contributed by atoms with van der Waals surface area (Å²) in [5, 5.41) is 0. The Bertz CT molecular complexity index is 530. The molecule has 0 aliphatic rings. The topological polar surface area (TPSA) is 69.7 Å². The Balaban J connectivity index is 2.73. The summed E-state index contributed by atoms with van der Waals surface area (Å²) in [7, 11) is 0. The van der Waals surface area contributed by atoms with E-state index in [4.69, 9.17) is 9.47 Å². The van der Waals surface area contributed by atoms with E-state index in [1.54, 1.807) is 0 Å². The number of aldehydes is 1. The third kappa shape index (κ3) is 5.22. The summed E-state index contributed by atoms with van der Waals surface area (Å²) < 4.78 is 10.2. The molecule has 5 nitrogen and oxygen atoms in total. The summed E-state index contributed by atoms with van der Waals surface area (Å²) in [6.45, 7) is 6.85. The number of esters is 2. The highest BCUT2D eigenvalue weighted by atomic mass is 16.6. The average Bonchev–Trinajstić information content (AvgIpc) is 2.47. The van der Waals surface area contributed by atoms with Crippen LogP contribution in [0.5, 0.6) is 5.75 Å². The van der Waals surface area contributed by atoms with Crippen molar-refractivity contribution in [2.24, 2.45) is 0 Å². The number of carbonyl (C=O) groups is 3. The predicted molar refractivity (Wildman–Crippen MR) is 77.1 cm³/mol. The van der Waals surface area contributed by atoms with Gasteiger partial charge in [0.05, 0.1) is 0 Å². The molecule has 1 unspecified atom stereocenters. The van der Waals surface area contributed by atoms with Crippen molar-refractivity contribution in [2.75, 3.05) is 0 Å². The van der Waals surface area contributed by atoms with Gasteiger partial charge < -0.3 is 9.47 Å². The first kappa shape index (κ1) is 16.6. The van der Waals surface area contributed by atoms with Crippen molar-refractivity contribution < 1.29 is 23.9 Å². The normalized spacial score (nSPS) is 11.3. The van der Waals surface area contributed by atoms with Gasteiger partial charge in [-0.1, -0.05) is 19.9 Å². The molecule has 0 aliphatic heterocycles. The second kappa shape index (κ2) is 7.99. The van der Waals surface area contributed by atoms with Crippen molar-refractivity contribution in [3.05, 3.63) is 42.0 Å². The molecular formula is C16H18O5. The van der Waals surface area contributed by atoms with Crippen LogP contribution in [0.4, 0.5) is 0 Å². The van der Waals surface area contributed by atoms with Gasteiger partial charge in [-0.25, -0.2) is 9.59 Å². The SMILES string of the molecule is C=C(C)C(=O)OC(CCC)C(=O)Oc1ccc(C=O)cc1. The standard InChI is InChI=1S/C16H18O5/c1-4-5-14(21-15(18)11(2)3)16(19)20-13-8-6-12(10-17)7-9-13/h6-10,14H,2,4-5H2,1,3H3. The van der Waals surface area contributed by atoms with E-state index >= 15 is 0 Å². The summed E-state index contributed by atoms with van der Waals surface area (Å²) >= 11 is 0. The highest BCUT2D eigenvalue weighted by molar-refractivity contribution is 5.89. The fourth-order valence-corrected chi connectivity index (χ4v) is 1.51. The zero-order valence-corrected chi connectivity index (χ0v) is 12.1. The molecule has 0 saturated heterocycles. The minimum Gasteiger partial charge on any atom is -0.447 e. The summed E-state index contributed by atoms with van der Waals surface area (Å²) in [6.07, 6.45) is 0.752. The molecule has 0 N–H and O–H groups in total. The van der Waals surface area contributed by atoms with Crippen molar-refractivity contribution in [3.63, 3.8) is 0 Å². The zero-order valence-electron chi connectivity index (χ0n) is 12.1. The Morgan fingerprint density at radius 1 is 1.29 bits per heavy atom. The number of carbonyl (C=O) groups excluding carboxylic acids is 3. The van der Waals surface area contributed by atoms with Crippen molar-refractivity contribution in [1.82, 2.24) is 0 Å². The number of rotatable bonds is 7. The molecule has 0 saturated carbocycles. The molecule has 21 heavy (non-hydrogen) atoms. The Morgan fingerprint density at radius 3 is 2.38 bits per heavy atom. The number of hydrogen-bond acceptors (Lipinski definition) is 5. The fourth-order valence-electron chi connectivity index (χ4n) is 1.51. The third-order valence-corrected chi connectivity index (χ3v) is 2.65. The molecule has 0 heterocycles. The van der Waals surface area contributed by atoms with Crippen molar-refractivity contribution in [3.8, 4) is 5.75 Å². The second-order valence-electron chi connectivity index (χ2n) is 4.57. The lowest BCUT2D eigenvalue weighted by molar-refractivity contribution is -0.159. The Morgan fingerprint density at radius 2 is 1.90 bits per heavy atom. The molecule has 0 radical (unpaired) electrons. The van der Waals surface area contributed by atoms with Gasteiger partial charge in [0, 0.05) is 11.1 Å². The molecule has 112 valence electrons. The van der Waals surface area contributed by atoms with Crippen LogP contribution in [0.2, 0.25) is 0 Å². The maximum Gasteiger partial charge on any atom is 0.352 e. The fraction of sp³-hybridized carbons (Fsp3) is 0.312. The highest BCUT2D eigenvalue weighted by Crippen LogP contribution is 2.14. The molecule has 0 aliphatic carbocycles. The first-order chi connectivity index (χ1) is 9.97. The van der Waals surface area contributed by atoms with E-state index in [1.807, 2.05) is 6.92 Å². The van der Waals surface area contributed by atoms with Crippen LogP contribution in [0.3, 0.4) is 0 Å². The smallest absolute Gasteiger partial charge is 0.352 e. The second-order valence-corrected chi connectivity index (χ2v) is 4.57. The van der Waals surface area contributed by atoms with Crippen LogP contribution in [-0.4, -0.2) is 24.3 Å². The van der Waals surface area contributed by atoms with Gasteiger partial charge in [0.15, 0.2) is 6.10 Å². The van der Waals surface area contributed by atoms with E-state index in [9.17, 15) is 14.4 Å². The molecular weight excluding hydrogens is 272 g/mol. The van der Waals surface area contributed by atoms with E-state index in [-0.39, 0.29) is 11.3 Å². The van der Waals surface area contributed by atoms with Gasteiger partial charge in [-0.05, 0) is 37.6 Å². The van der Waals surface area contributed by atoms with Crippen LogP contribution in [0.15, 0.2) is 36.4 Å². The highest BCUT2D eigenvalue weighted by Gasteiger charge is 2.24. The Labute approximate surface area is 123 Å². The molecule has 5 heteroatoms. The molecule has 0 aromatic heterocycles. The van der Waals surface area contributed by atoms with E-state index in [2.05, 4.69) is 6.58 Å². The lowest BCUT2D eigenvalue weighted by Gasteiger charge is -2.16. The van der Waals surface area contributed by atoms with E-state index in [0.717, 1.165) is 0 Å². The minimum absolute atomic E-state index is 0.222. The lowest BCUT2D eigenvalue weighted by atomic mass is 10.2. The number of ether oxygens (including phenoxy) is 2. The molecule has 0 bridgehead atoms. The van der Waals surface area contributed by atoms with Crippen LogP contribution in [-0.2, 0) is 14.3 Å². The van der Waals surface area contributed by atoms with Gasteiger partial charge in [0.2, 0.25) is 0 Å². The average molecular weight is 290 g/mol. The summed E-state index contributed by atoms with van der Waals surface area (Å²) in [6, 6.07) is 6.07. The minimum atomic E-state index is -0.968. The first-order valence-corrected chi connectivity index (χ1v) is 6.61. The molecule has 1 aromatic rings. The maximum atomic E-state index is 12.0. The Kier molecular flexibility index (Phi) is 6.33. The quantitative estimate of drug-likeness (QED) is 0.334. The van der Waals surface area contributed by atoms with Crippen LogP contribution >= 0.6 is 0 Å². The maximum absolute atomic E-state index is 12.0. The predicted octanol–water partition coefficient (Wildman–Crippen LogP) is 2.69. The van der Waals surface area contributed by atoms with Gasteiger partial charge in [0.1, 0.15) is 12.0 Å². The molecule has 1 atom stereocenters. The molecule has 1 rings (SSSR count). The molecule has 0 amide bonds. The van der Waals surface area contributed by atoms with Crippen molar-refractivity contribution in [1.29, 1.82) is 0 Å². The number of benzene rings is 1. The summed E-state index contributed by atoms with van der Waals surface area (Å²) in [4.78, 5) is 34.1. The van der Waals surface area contributed by atoms with Crippen LogP contribution in [0.25, 0.3) is 0 Å². The molecule has 0 spiro atoms. The molecule has 0 fully saturated rings. The van der Waals surface area contributed by atoms with Gasteiger partial charge in [-0.2, -0.15) is 0 Å². The van der Waals surface area contributed by atoms with E-state index < -0.39 is 18.0 Å². The Hall–Kier alpha value is -2.43. The van der Waals surface area contributed by atoms with Crippen LogP contribution < -0.4 is 4.74 Å². The summed E-state index contributed by atoms with van der Waals surface area (Å²) in [5.41, 5.74) is 0.702. The van der Waals surface area contributed by atoms with E-state index in [0.29, 0.717) is 24.7 Å². The van der Waals surface area contributed by atoms with E-state index in [1.165, 1.54) is 31.2 Å². The first-order valence-electron chi connectivity index (χ1n) is 6.61. The van der Waals surface area contributed by atoms with Crippen LogP contribution in [0.1, 0.15) is 37.0 Å². The zero-order chi connectivity index (χ0) is 15.8. The van der Waals surface area contributed by atoms with Crippen molar-refractivity contribution >= 4 is 18.2 Å². The number of hydrogen-bond donors (Lipinski definition) is 0. The monoisotopic (exact) mass is 290 g/mol. The largest absolute Gasteiger partial charge is 0.447 e. The summed E-state index contributed by atoms with van der Waals surface area (Å²) in [5.74, 6) is -0.981. The third-order valence-electron chi connectivity index (χ3n) is 2.65.